The van der Waals surface area contributed by atoms with E-state index in [2.05, 4.69) is 10.1 Å². The molecule has 2 rings (SSSR count). The fraction of sp³-hybridized carbons (Fsp3) is 0.571. The molecular weight excluding hydrogens is 142 g/mol. The molecule has 1 atom stereocenters. The number of aryl methyl sites for hydroxylation is 1. The van der Waals surface area contributed by atoms with Crippen LogP contribution < -0.4 is 0 Å². The van der Waals surface area contributed by atoms with Crippen LogP contribution in [0.4, 0.5) is 0 Å². The maximum atomic E-state index is 10.4. The second-order valence-electron chi connectivity index (χ2n) is 2.79. The summed E-state index contributed by atoms with van der Waals surface area (Å²) in [5, 5.41) is 4.02. The van der Waals surface area contributed by atoms with E-state index < -0.39 is 0 Å². The molecule has 58 valence electrons. The summed E-state index contributed by atoms with van der Waals surface area (Å²) in [4.78, 5) is 14.5. The molecule has 0 saturated carbocycles. The lowest BCUT2D eigenvalue weighted by Gasteiger charge is -2.16. The average molecular weight is 151 g/mol. The van der Waals surface area contributed by atoms with Gasteiger partial charge in [-0.25, -0.2) is 4.98 Å². The van der Waals surface area contributed by atoms with Gasteiger partial charge in [-0.1, -0.05) is 0 Å². The Labute approximate surface area is 64.2 Å². The van der Waals surface area contributed by atoms with Gasteiger partial charge in [-0.15, -0.1) is 0 Å². The third kappa shape index (κ3) is 1.04. The Morgan fingerprint density at radius 2 is 2.64 bits per heavy atom. The number of hydrogen-bond donors (Lipinski definition) is 0. The van der Waals surface area contributed by atoms with Crippen LogP contribution in [0.5, 0.6) is 0 Å². The molecule has 0 spiro atoms. The van der Waals surface area contributed by atoms with Gasteiger partial charge in [0.2, 0.25) is 0 Å². The van der Waals surface area contributed by atoms with Crippen molar-refractivity contribution < 1.29 is 4.79 Å². The number of carbonyl (C=O) groups is 1. The third-order valence-corrected chi connectivity index (χ3v) is 2.04. The predicted molar refractivity (Wildman–Crippen MR) is 37.9 cm³/mol. The van der Waals surface area contributed by atoms with Crippen molar-refractivity contribution in [2.45, 2.75) is 19.4 Å². The van der Waals surface area contributed by atoms with Crippen molar-refractivity contribution in [3.05, 3.63) is 12.2 Å². The molecule has 2 heterocycles. The first-order chi connectivity index (χ1) is 5.40. The van der Waals surface area contributed by atoms with Crippen LogP contribution in [0.1, 0.15) is 12.2 Å². The number of aldehydes is 1. The number of rotatable bonds is 1. The van der Waals surface area contributed by atoms with Crippen molar-refractivity contribution in [1.82, 2.24) is 14.8 Å². The van der Waals surface area contributed by atoms with E-state index in [4.69, 9.17) is 0 Å². The molecule has 0 fully saturated rings. The van der Waals surface area contributed by atoms with Crippen LogP contribution >= 0.6 is 0 Å². The molecule has 4 nitrogen and oxygen atoms in total. The molecular formula is C7H9N3O. The molecule has 0 saturated heterocycles. The largest absolute Gasteiger partial charge is 0.303 e. The maximum absolute atomic E-state index is 10.4. The Hall–Kier alpha value is -1.19. The molecule has 0 radical (unpaired) electrons. The lowest BCUT2D eigenvalue weighted by atomic mass is 10.0. The van der Waals surface area contributed by atoms with E-state index in [0.29, 0.717) is 0 Å². The zero-order valence-corrected chi connectivity index (χ0v) is 6.10. The maximum Gasteiger partial charge on any atom is 0.138 e. The topological polar surface area (TPSA) is 47.8 Å². The summed E-state index contributed by atoms with van der Waals surface area (Å²) in [6, 6.07) is 0. The lowest BCUT2D eigenvalue weighted by Crippen LogP contribution is -2.21. The summed E-state index contributed by atoms with van der Waals surface area (Å²) in [6.07, 6.45) is 4.21. The molecule has 0 N–H and O–H groups in total. The van der Waals surface area contributed by atoms with Crippen molar-refractivity contribution in [2.75, 3.05) is 0 Å². The Bertz CT molecular complexity index is 268. The minimum Gasteiger partial charge on any atom is -0.303 e. The quantitative estimate of drug-likeness (QED) is 0.532. The SMILES string of the molecule is O=CC1CCn2ncnc2C1. The number of aromatic nitrogens is 3. The number of fused-ring (bicyclic) bond motifs is 1. The summed E-state index contributed by atoms with van der Waals surface area (Å²) in [6.45, 7) is 0.832. The van der Waals surface area contributed by atoms with E-state index in [1.54, 1.807) is 6.33 Å². The highest BCUT2D eigenvalue weighted by Gasteiger charge is 2.18. The average Bonchev–Trinajstić information content (AvgIpc) is 2.50. The van der Waals surface area contributed by atoms with E-state index in [-0.39, 0.29) is 5.92 Å². The van der Waals surface area contributed by atoms with Crippen molar-refractivity contribution in [1.29, 1.82) is 0 Å². The van der Waals surface area contributed by atoms with Crippen LogP contribution in [0.25, 0.3) is 0 Å². The van der Waals surface area contributed by atoms with Gasteiger partial charge in [0.1, 0.15) is 18.4 Å². The van der Waals surface area contributed by atoms with E-state index in [0.717, 1.165) is 31.5 Å². The Balaban J connectivity index is 2.24. The molecule has 1 aliphatic rings. The lowest BCUT2D eigenvalue weighted by molar-refractivity contribution is -0.111. The number of hydrogen-bond acceptors (Lipinski definition) is 3. The molecule has 11 heavy (non-hydrogen) atoms. The molecule has 1 aromatic rings. The smallest absolute Gasteiger partial charge is 0.138 e. The van der Waals surface area contributed by atoms with Gasteiger partial charge in [0, 0.05) is 18.9 Å². The second kappa shape index (κ2) is 2.45. The minimum absolute atomic E-state index is 0.159. The predicted octanol–water partition coefficient (Wildman–Crippen LogP) is 0.0394. The van der Waals surface area contributed by atoms with Gasteiger partial charge in [-0.2, -0.15) is 5.10 Å². The fourth-order valence-electron chi connectivity index (χ4n) is 1.37. The van der Waals surface area contributed by atoms with Crippen molar-refractivity contribution in [2.24, 2.45) is 5.92 Å². The molecule has 0 aromatic carbocycles. The van der Waals surface area contributed by atoms with Gasteiger partial charge in [0.15, 0.2) is 0 Å². The molecule has 4 heteroatoms. The highest BCUT2D eigenvalue weighted by atomic mass is 16.1. The van der Waals surface area contributed by atoms with E-state index >= 15 is 0 Å². The third-order valence-electron chi connectivity index (χ3n) is 2.04. The van der Waals surface area contributed by atoms with Crippen LogP contribution in [0, 0.1) is 5.92 Å². The van der Waals surface area contributed by atoms with Crippen LogP contribution in [0.15, 0.2) is 6.33 Å². The monoisotopic (exact) mass is 151 g/mol. The fourth-order valence-corrected chi connectivity index (χ4v) is 1.37. The first kappa shape index (κ1) is 6.52. The summed E-state index contributed by atoms with van der Waals surface area (Å²) < 4.78 is 1.86. The molecule has 0 bridgehead atoms. The Morgan fingerprint density at radius 3 is 3.45 bits per heavy atom. The minimum atomic E-state index is 0.159. The first-order valence-electron chi connectivity index (χ1n) is 3.72. The number of carbonyl (C=O) groups excluding carboxylic acids is 1. The zero-order chi connectivity index (χ0) is 7.68. The molecule has 0 amide bonds. The summed E-state index contributed by atoms with van der Waals surface area (Å²) in [5.41, 5.74) is 0. The number of nitrogens with zero attached hydrogens (tertiary/aromatic N) is 3. The molecule has 1 unspecified atom stereocenters. The van der Waals surface area contributed by atoms with Crippen LogP contribution in [0.2, 0.25) is 0 Å². The van der Waals surface area contributed by atoms with Crippen LogP contribution in [0.3, 0.4) is 0 Å². The summed E-state index contributed by atoms with van der Waals surface area (Å²) in [7, 11) is 0. The highest BCUT2D eigenvalue weighted by molar-refractivity contribution is 5.54. The Morgan fingerprint density at radius 1 is 1.73 bits per heavy atom. The standard InChI is InChI=1S/C7H9N3O/c11-4-6-1-2-10-7(3-6)8-5-9-10/h4-6H,1-3H2. The van der Waals surface area contributed by atoms with E-state index in [1.165, 1.54) is 0 Å². The first-order valence-corrected chi connectivity index (χ1v) is 3.72. The summed E-state index contributed by atoms with van der Waals surface area (Å²) >= 11 is 0. The van der Waals surface area contributed by atoms with Crippen LogP contribution in [-0.4, -0.2) is 21.1 Å². The zero-order valence-electron chi connectivity index (χ0n) is 6.10. The highest BCUT2D eigenvalue weighted by Crippen LogP contribution is 2.15. The van der Waals surface area contributed by atoms with E-state index in [9.17, 15) is 4.79 Å². The van der Waals surface area contributed by atoms with Gasteiger partial charge in [0.25, 0.3) is 0 Å². The van der Waals surface area contributed by atoms with Gasteiger partial charge >= 0.3 is 0 Å². The van der Waals surface area contributed by atoms with Crippen molar-refractivity contribution in [3.8, 4) is 0 Å². The Kier molecular flexibility index (Phi) is 1.45. The molecule has 1 aromatic heterocycles. The normalized spacial score (nSPS) is 22.7. The van der Waals surface area contributed by atoms with Gasteiger partial charge < -0.3 is 4.79 Å². The molecule has 1 aliphatic heterocycles. The van der Waals surface area contributed by atoms with Crippen molar-refractivity contribution in [3.63, 3.8) is 0 Å². The van der Waals surface area contributed by atoms with Crippen LogP contribution in [-0.2, 0) is 17.8 Å². The van der Waals surface area contributed by atoms with Gasteiger partial charge in [-0.05, 0) is 6.42 Å². The molecule has 0 aliphatic carbocycles. The van der Waals surface area contributed by atoms with Gasteiger partial charge in [-0.3, -0.25) is 4.68 Å². The van der Waals surface area contributed by atoms with Gasteiger partial charge in [0.05, 0.1) is 0 Å². The second-order valence-corrected chi connectivity index (χ2v) is 2.79. The van der Waals surface area contributed by atoms with E-state index in [1.807, 2.05) is 4.68 Å². The summed E-state index contributed by atoms with van der Waals surface area (Å²) in [5.74, 6) is 1.10. The van der Waals surface area contributed by atoms with Crippen molar-refractivity contribution >= 4 is 6.29 Å².